The van der Waals surface area contributed by atoms with E-state index < -0.39 is 0 Å². The summed E-state index contributed by atoms with van der Waals surface area (Å²) in [6.45, 7) is 0. The average Bonchev–Trinajstić information content (AvgIpc) is 3.33. The second kappa shape index (κ2) is 5.67. The Morgan fingerprint density at radius 3 is 2.67 bits per heavy atom. The van der Waals surface area contributed by atoms with E-state index in [4.69, 9.17) is 16.3 Å². The molecule has 24 heavy (non-hydrogen) atoms. The van der Waals surface area contributed by atoms with Crippen LogP contribution in [0.25, 0.3) is 10.9 Å². The Bertz CT molecular complexity index is 927. The monoisotopic (exact) mass is 339 g/mol. The molecule has 1 aromatic heterocycles. The molecule has 1 aliphatic rings. The first-order valence-corrected chi connectivity index (χ1v) is 8.39. The van der Waals surface area contributed by atoms with Crippen molar-refractivity contribution in [3.8, 4) is 5.75 Å². The SMILES string of the molecule is COc1ccc2c(c1)c([C@H]1C[C@@H]1C(=O)c1ccc(Cl)cc1)cn2C. The first kappa shape index (κ1) is 15.3. The fourth-order valence-corrected chi connectivity index (χ4v) is 3.61. The summed E-state index contributed by atoms with van der Waals surface area (Å²) in [5.41, 5.74) is 3.14. The van der Waals surface area contributed by atoms with Crippen molar-refractivity contribution < 1.29 is 9.53 Å². The highest BCUT2D eigenvalue weighted by molar-refractivity contribution is 6.30. The number of nitrogens with zero attached hydrogens (tertiary/aromatic N) is 1. The molecule has 3 nitrogen and oxygen atoms in total. The van der Waals surface area contributed by atoms with Gasteiger partial charge in [0.25, 0.3) is 0 Å². The van der Waals surface area contributed by atoms with E-state index in [2.05, 4.69) is 22.9 Å². The highest BCUT2D eigenvalue weighted by Crippen LogP contribution is 2.51. The van der Waals surface area contributed by atoms with E-state index in [1.807, 2.05) is 25.2 Å². The molecule has 1 fully saturated rings. The molecule has 2 atom stereocenters. The molecule has 0 spiro atoms. The zero-order chi connectivity index (χ0) is 16.8. The molecule has 0 N–H and O–H groups in total. The van der Waals surface area contributed by atoms with Gasteiger partial charge >= 0.3 is 0 Å². The molecule has 4 heteroatoms. The predicted octanol–water partition coefficient (Wildman–Crippen LogP) is 4.83. The van der Waals surface area contributed by atoms with Crippen molar-refractivity contribution in [2.75, 3.05) is 7.11 Å². The number of hydrogen-bond acceptors (Lipinski definition) is 2. The maximum absolute atomic E-state index is 12.7. The molecule has 1 aliphatic carbocycles. The molecule has 0 bridgehead atoms. The van der Waals surface area contributed by atoms with Crippen LogP contribution in [0.4, 0.5) is 0 Å². The fraction of sp³-hybridized carbons (Fsp3) is 0.250. The van der Waals surface area contributed by atoms with Gasteiger partial charge in [0, 0.05) is 40.7 Å². The number of methoxy groups -OCH3 is 1. The number of ether oxygens (including phenoxy) is 1. The molecule has 1 saturated carbocycles. The lowest BCUT2D eigenvalue weighted by molar-refractivity contribution is 0.0965. The quantitative estimate of drug-likeness (QED) is 0.638. The number of benzene rings is 2. The topological polar surface area (TPSA) is 31.2 Å². The summed E-state index contributed by atoms with van der Waals surface area (Å²) in [6.07, 6.45) is 3.04. The van der Waals surface area contributed by atoms with Gasteiger partial charge in [0.2, 0.25) is 0 Å². The van der Waals surface area contributed by atoms with Gasteiger partial charge in [0.1, 0.15) is 5.75 Å². The van der Waals surface area contributed by atoms with Gasteiger partial charge in [-0.2, -0.15) is 0 Å². The van der Waals surface area contributed by atoms with Gasteiger partial charge in [-0.25, -0.2) is 0 Å². The Hall–Kier alpha value is -2.26. The van der Waals surface area contributed by atoms with Gasteiger partial charge < -0.3 is 9.30 Å². The van der Waals surface area contributed by atoms with E-state index in [0.717, 1.165) is 23.3 Å². The standard InChI is InChI=1S/C20H18ClNO2/c1-22-11-18(16-9-14(24-2)7-8-19(16)22)15-10-17(15)20(23)12-3-5-13(21)6-4-12/h3-9,11,15,17H,10H2,1-2H3/t15-,17-/m0/s1. The van der Waals surface area contributed by atoms with Crippen LogP contribution in [0.2, 0.25) is 5.02 Å². The van der Waals surface area contributed by atoms with Crippen LogP contribution in [0.15, 0.2) is 48.7 Å². The third kappa shape index (κ3) is 2.49. The van der Waals surface area contributed by atoms with Crippen LogP contribution in [0.5, 0.6) is 5.75 Å². The lowest BCUT2D eigenvalue weighted by Gasteiger charge is -2.03. The minimum Gasteiger partial charge on any atom is -0.497 e. The van der Waals surface area contributed by atoms with E-state index in [1.165, 1.54) is 10.9 Å². The number of hydrogen-bond donors (Lipinski definition) is 0. The molecular formula is C20H18ClNO2. The van der Waals surface area contributed by atoms with E-state index >= 15 is 0 Å². The molecule has 0 aliphatic heterocycles. The molecule has 122 valence electrons. The largest absolute Gasteiger partial charge is 0.497 e. The summed E-state index contributed by atoms with van der Waals surface area (Å²) in [5, 5.41) is 1.83. The van der Waals surface area contributed by atoms with Gasteiger partial charge in [-0.05, 0) is 60.4 Å². The van der Waals surface area contributed by atoms with Crippen LogP contribution in [0, 0.1) is 5.92 Å². The molecule has 4 rings (SSSR count). The lowest BCUT2D eigenvalue weighted by Crippen LogP contribution is -2.02. The van der Waals surface area contributed by atoms with Crippen LogP contribution >= 0.6 is 11.6 Å². The second-order valence-corrected chi connectivity index (χ2v) is 6.83. The number of aromatic nitrogens is 1. The van der Waals surface area contributed by atoms with Gasteiger partial charge in [0.15, 0.2) is 5.78 Å². The van der Waals surface area contributed by atoms with E-state index in [9.17, 15) is 4.79 Å². The third-order valence-corrected chi connectivity index (χ3v) is 5.13. The third-order valence-electron chi connectivity index (χ3n) is 4.88. The normalized spacial score (nSPS) is 19.5. The minimum atomic E-state index is 0.0583. The molecule has 0 amide bonds. The van der Waals surface area contributed by atoms with Crippen molar-refractivity contribution in [3.05, 3.63) is 64.8 Å². The van der Waals surface area contributed by atoms with Gasteiger partial charge in [-0.3, -0.25) is 4.79 Å². The summed E-state index contributed by atoms with van der Waals surface area (Å²) in [6, 6.07) is 13.3. The molecular weight excluding hydrogens is 322 g/mol. The Balaban J connectivity index is 1.65. The van der Waals surface area contributed by atoms with Crippen molar-refractivity contribution in [2.45, 2.75) is 12.3 Å². The van der Waals surface area contributed by atoms with Crippen molar-refractivity contribution in [1.29, 1.82) is 0 Å². The van der Waals surface area contributed by atoms with Crippen LogP contribution in [-0.4, -0.2) is 17.5 Å². The summed E-state index contributed by atoms with van der Waals surface area (Å²) < 4.78 is 7.47. The Morgan fingerprint density at radius 2 is 1.96 bits per heavy atom. The van der Waals surface area contributed by atoms with E-state index in [1.54, 1.807) is 19.2 Å². The fourth-order valence-electron chi connectivity index (χ4n) is 3.48. The molecule has 0 radical (unpaired) electrons. The van der Waals surface area contributed by atoms with Crippen LogP contribution in [-0.2, 0) is 7.05 Å². The van der Waals surface area contributed by atoms with Gasteiger partial charge in [-0.15, -0.1) is 0 Å². The van der Waals surface area contributed by atoms with Crippen molar-refractivity contribution >= 4 is 28.3 Å². The Labute approximate surface area is 145 Å². The number of rotatable bonds is 4. The highest BCUT2D eigenvalue weighted by atomic mass is 35.5. The molecule has 0 unspecified atom stereocenters. The first-order chi connectivity index (χ1) is 11.6. The summed E-state index contributed by atoms with van der Waals surface area (Å²) >= 11 is 5.91. The number of aryl methyl sites for hydroxylation is 1. The molecule has 2 aromatic carbocycles. The smallest absolute Gasteiger partial charge is 0.166 e. The lowest BCUT2D eigenvalue weighted by atomic mass is 10.0. The minimum absolute atomic E-state index is 0.0583. The van der Waals surface area contributed by atoms with Gasteiger partial charge in [-0.1, -0.05) is 11.6 Å². The van der Waals surface area contributed by atoms with Crippen molar-refractivity contribution in [1.82, 2.24) is 4.57 Å². The van der Waals surface area contributed by atoms with Crippen LogP contribution in [0.1, 0.15) is 28.3 Å². The molecule has 1 heterocycles. The molecule has 0 saturated heterocycles. The Kier molecular flexibility index (Phi) is 3.61. The van der Waals surface area contributed by atoms with Crippen molar-refractivity contribution in [2.24, 2.45) is 13.0 Å². The Morgan fingerprint density at radius 1 is 1.21 bits per heavy atom. The number of Topliss-reactive ketones (excluding diaryl/α,β-unsaturated/α-hetero) is 1. The zero-order valence-electron chi connectivity index (χ0n) is 13.6. The van der Waals surface area contributed by atoms with E-state index in [0.29, 0.717) is 5.02 Å². The molecule has 3 aromatic rings. The summed E-state index contributed by atoms with van der Waals surface area (Å²) in [4.78, 5) is 12.7. The van der Waals surface area contributed by atoms with Crippen LogP contribution < -0.4 is 4.74 Å². The second-order valence-electron chi connectivity index (χ2n) is 6.40. The maximum Gasteiger partial charge on any atom is 0.166 e. The summed E-state index contributed by atoms with van der Waals surface area (Å²) in [7, 11) is 3.71. The highest BCUT2D eigenvalue weighted by Gasteiger charge is 2.45. The average molecular weight is 340 g/mol. The zero-order valence-corrected chi connectivity index (χ0v) is 14.4. The number of carbonyl (C=O) groups excluding carboxylic acids is 1. The van der Waals surface area contributed by atoms with Gasteiger partial charge in [0.05, 0.1) is 7.11 Å². The summed E-state index contributed by atoms with van der Waals surface area (Å²) in [5.74, 6) is 1.39. The number of ketones is 1. The number of carbonyl (C=O) groups is 1. The van der Waals surface area contributed by atoms with Crippen molar-refractivity contribution in [3.63, 3.8) is 0 Å². The number of fused-ring (bicyclic) bond motifs is 1. The van der Waals surface area contributed by atoms with E-state index in [-0.39, 0.29) is 17.6 Å². The first-order valence-electron chi connectivity index (χ1n) is 8.01. The predicted molar refractivity (Wildman–Crippen MR) is 96.1 cm³/mol. The maximum atomic E-state index is 12.7. The number of halogens is 1. The van der Waals surface area contributed by atoms with Crippen LogP contribution in [0.3, 0.4) is 0 Å².